The molecule has 0 bridgehead atoms. The molecule has 2 heteroatoms. The van der Waals surface area contributed by atoms with Crippen LogP contribution in [-0.4, -0.2) is 35.7 Å². The molecule has 1 aliphatic heterocycles. The molecule has 11 heavy (non-hydrogen) atoms. The SMILES string of the molecule is CCC(C)CN1CCC(O)C1. The van der Waals surface area contributed by atoms with Crippen LogP contribution in [0.1, 0.15) is 26.7 Å². The van der Waals surface area contributed by atoms with E-state index in [0.717, 1.165) is 32.0 Å². The average molecular weight is 157 g/mol. The van der Waals surface area contributed by atoms with E-state index < -0.39 is 0 Å². The first kappa shape index (κ1) is 9.01. The molecule has 1 saturated heterocycles. The average Bonchev–Trinajstić information content (AvgIpc) is 2.35. The van der Waals surface area contributed by atoms with E-state index in [4.69, 9.17) is 0 Å². The van der Waals surface area contributed by atoms with Gasteiger partial charge in [-0.25, -0.2) is 0 Å². The highest BCUT2D eigenvalue weighted by molar-refractivity contribution is 4.75. The van der Waals surface area contributed by atoms with Crippen molar-refractivity contribution in [3.63, 3.8) is 0 Å². The summed E-state index contributed by atoms with van der Waals surface area (Å²) < 4.78 is 0. The van der Waals surface area contributed by atoms with Crippen LogP contribution >= 0.6 is 0 Å². The summed E-state index contributed by atoms with van der Waals surface area (Å²) in [6.45, 7) is 7.63. The molecule has 1 fully saturated rings. The Morgan fingerprint density at radius 3 is 2.82 bits per heavy atom. The molecule has 1 aliphatic rings. The van der Waals surface area contributed by atoms with Gasteiger partial charge in [0.25, 0.3) is 0 Å². The van der Waals surface area contributed by atoms with Crippen LogP contribution in [0.3, 0.4) is 0 Å². The predicted octanol–water partition coefficient (Wildman–Crippen LogP) is 1.10. The van der Waals surface area contributed by atoms with Gasteiger partial charge < -0.3 is 10.0 Å². The molecule has 0 aromatic heterocycles. The van der Waals surface area contributed by atoms with E-state index >= 15 is 0 Å². The number of hydrogen-bond donors (Lipinski definition) is 1. The van der Waals surface area contributed by atoms with Gasteiger partial charge >= 0.3 is 0 Å². The summed E-state index contributed by atoms with van der Waals surface area (Å²) in [4.78, 5) is 2.36. The Balaban J connectivity index is 2.17. The van der Waals surface area contributed by atoms with Crippen LogP contribution in [0.5, 0.6) is 0 Å². The maximum atomic E-state index is 9.24. The van der Waals surface area contributed by atoms with Crippen molar-refractivity contribution in [3.8, 4) is 0 Å². The lowest BCUT2D eigenvalue weighted by Gasteiger charge is -2.18. The second-order valence-corrected chi connectivity index (χ2v) is 3.72. The van der Waals surface area contributed by atoms with Gasteiger partial charge in [-0.1, -0.05) is 20.3 Å². The van der Waals surface area contributed by atoms with Crippen LogP contribution in [-0.2, 0) is 0 Å². The highest BCUT2D eigenvalue weighted by atomic mass is 16.3. The zero-order valence-electron chi connectivity index (χ0n) is 7.58. The van der Waals surface area contributed by atoms with Gasteiger partial charge in [0.05, 0.1) is 6.10 Å². The lowest BCUT2D eigenvalue weighted by Crippen LogP contribution is -2.26. The normalized spacial score (nSPS) is 29.2. The standard InChI is InChI=1S/C9H19NO/c1-3-8(2)6-10-5-4-9(11)7-10/h8-9,11H,3-7H2,1-2H3. The first-order valence-corrected chi connectivity index (χ1v) is 4.62. The fraction of sp³-hybridized carbons (Fsp3) is 1.00. The monoisotopic (exact) mass is 157 g/mol. The van der Waals surface area contributed by atoms with Crippen molar-refractivity contribution in [1.82, 2.24) is 4.90 Å². The third-order valence-corrected chi connectivity index (χ3v) is 2.51. The third kappa shape index (κ3) is 2.80. The Labute approximate surface area is 69.2 Å². The zero-order valence-corrected chi connectivity index (χ0v) is 7.58. The van der Waals surface area contributed by atoms with Gasteiger partial charge in [-0.3, -0.25) is 0 Å². The van der Waals surface area contributed by atoms with Gasteiger partial charge in [0.15, 0.2) is 0 Å². The maximum Gasteiger partial charge on any atom is 0.0679 e. The lowest BCUT2D eigenvalue weighted by molar-refractivity contribution is 0.170. The Morgan fingerprint density at radius 2 is 2.36 bits per heavy atom. The molecule has 0 spiro atoms. The molecule has 2 unspecified atom stereocenters. The minimum Gasteiger partial charge on any atom is -0.392 e. The molecule has 0 amide bonds. The Hall–Kier alpha value is -0.0800. The number of likely N-dealkylation sites (tertiary alicyclic amines) is 1. The van der Waals surface area contributed by atoms with E-state index in [9.17, 15) is 5.11 Å². The Bertz CT molecular complexity index is 116. The quantitative estimate of drug-likeness (QED) is 0.663. The molecular formula is C9H19NO. The number of aliphatic hydroxyl groups excluding tert-OH is 1. The third-order valence-electron chi connectivity index (χ3n) is 2.51. The number of nitrogens with zero attached hydrogens (tertiary/aromatic N) is 1. The molecule has 1 rings (SSSR count). The smallest absolute Gasteiger partial charge is 0.0679 e. The summed E-state index contributed by atoms with van der Waals surface area (Å²) in [6.07, 6.45) is 2.15. The summed E-state index contributed by atoms with van der Waals surface area (Å²) in [5.41, 5.74) is 0. The number of aliphatic hydroxyl groups is 1. The minimum absolute atomic E-state index is 0.0564. The van der Waals surface area contributed by atoms with Crippen molar-refractivity contribution in [2.24, 2.45) is 5.92 Å². The van der Waals surface area contributed by atoms with Crippen LogP contribution in [0.15, 0.2) is 0 Å². The van der Waals surface area contributed by atoms with Crippen molar-refractivity contribution in [3.05, 3.63) is 0 Å². The van der Waals surface area contributed by atoms with Crippen LogP contribution in [0.25, 0.3) is 0 Å². The van der Waals surface area contributed by atoms with Crippen molar-refractivity contribution in [1.29, 1.82) is 0 Å². The van der Waals surface area contributed by atoms with Gasteiger partial charge in [-0.2, -0.15) is 0 Å². The van der Waals surface area contributed by atoms with Crippen molar-refractivity contribution < 1.29 is 5.11 Å². The van der Waals surface area contributed by atoms with E-state index in [1.54, 1.807) is 0 Å². The summed E-state index contributed by atoms with van der Waals surface area (Å²) in [6, 6.07) is 0. The minimum atomic E-state index is -0.0564. The van der Waals surface area contributed by atoms with Gasteiger partial charge in [-0.05, 0) is 12.3 Å². The van der Waals surface area contributed by atoms with Gasteiger partial charge in [-0.15, -0.1) is 0 Å². The topological polar surface area (TPSA) is 23.5 Å². The largest absolute Gasteiger partial charge is 0.392 e. The molecular weight excluding hydrogens is 138 g/mol. The van der Waals surface area contributed by atoms with Crippen LogP contribution in [0.2, 0.25) is 0 Å². The summed E-state index contributed by atoms with van der Waals surface area (Å²) in [5, 5.41) is 9.24. The second-order valence-electron chi connectivity index (χ2n) is 3.72. The summed E-state index contributed by atoms with van der Waals surface area (Å²) >= 11 is 0. The van der Waals surface area contributed by atoms with Crippen molar-refractivity contribution in [2.45, 2.75) is 32.8 Å². The Morgan fingerprint density at radius 1 is 1.64 bits per heavy atom. The van der Waals surface area contributed by atoms with Crippen LogP contribution in [0, 0.1) is 5.92 Å². The van der Waals surface area contributed by atoms with E-state index in [1.807, 2.05) is 0 Å². The molecule has 0 aliphatic carbocycles. The number of β-amino-alcohol motifs (C(OH)–C–C–N with tert-alkyl or cyclic N) is 1. The first-order valence-electron chi connectivity index (χ1n) is 4.62. The predicted molar refractivity (Wildman–Crippen MR) is 46.5 cm³/mol. The molecule has 0 radical (unpaired) electrons. The molecule has 2 nitrogen and oxygen atoms in total. The summed E-state index contributed by atoms with van der Waals surface area (Å²) in [5.74, 6) is 0.778. The first-order chi connectivity index (χ1) is 5.22. The molecule has 0 aromatic rings. The molecule has 1 heterocycles. The fourth-order valence-electron chi connectivity index (χ4n) is 1.55. The molecule has 66 valence electrons. The van der Waals surface area contributed by atoms with E-state index in [1.165, 1.54) is 6.42 Å². The number of hydrogen-bond acceptors (Lipinski definition) is 2. The van der Waals surface area contributed by atoms with Crippen LogP contribution < -0.4 is 0 Å². The Kier molecular flexibility index (Phi) is 3.34. The second kappa shape index (κ2) is 4.07. The van der Waals surface area contributed by atoms with E-state index in [0.29, 0.717) is 0 Å². The van der Waals surface area contributed by atoms with Crippen molar-refractivity contribution >= 4 is 0 Å². The van der Waals surface area contributed by atoms with Crippen LogP contribution in [0.4, 0.5) is 0 Å². The van der Waals surface area contributed by atoms with Crippen molar-refractivity contribution in [2.75, 3.05) is 19.6 Å². The highest BCUT2D eigenvalue weighted by Gasteiger charge is 2.20. The molecule has 0 aromatic carbocycles. The van der Waals surface area contributed by atoms with E-state index in [-0.39, 0.29) is 6.10 Å². The van der Waals surface area contributed by atoms with Gasteiger partial charge in [0, 0.05) is 19.6 Å². The number of rotatable bonds is 3. The molecule has 2 atom stereocenters. The van der Waals surface area contributed by atoms with Gasteiger partial charge in [0.1, 0.15) is 0 Å². The molecule has 0 saturated carbocycles. The zero-order chi connectivity index (χ0) is 8.27. The summed E-state index contributed by atoms with van der Waals surface area (Å²) in [7, 11) is 0. The van der Waals surface area contributed by atoms with E-state index in [2.05, 4.69) is 18.7 Å². The fourth-order valence-corrected chi connectivity index (χ4v) is 1.55. The highest BCUT2D eigenvalue weighted by Crippen LogP contribution is 2.12. The molecule has 1 N–H and O–H groups in total. The van der Waals surface area contributed by atoms with Gasteiger partial charge in [0.2, 0.25) is 0 Å². The maximum absolute atomic E-state index is 9.24. The lowest BCUT2D eigenvalue weighted by atomic mass is 10.1.